The van der Waals surface area contributed by atoms with Gasteiger partial charge >= 0.3 is 5.97 Å². The Kier molecular flexibility index (Phi) is 4.36. The number of carbonyl (C=O) groups is 1. The van der Waals surface area contributed by atoms with E-state index in [2.05, 4.69) is 19.6 Å². The van der Waals surface area contributed by atoms with Crippen molar-refractivity contribution < 1.29 is 14.6 Å². The van der Waals surface area contributed by atoms with Gasteiger partial charge in [0, 0.05) is 8.07 Å². The van der Waals surface area contributed by atoms with Crippen molar-refractivity contribution in [2.75, 3.05) is 13.2 Å². The highest BCUT2D eigenvalue weighted by Crippen LogP contribution is 2.07. The maximum absolute atomic E-state index is 10.4. The van der Waals surface area contributed by atoms with Crippen LogP contribution >= 0.6 is 0 Å². The van der Waals surface area contributed by atoms with Crippen LogP contribution in [0.5, 0.6) is 0 Å². The first-order valence-corrected chi connectivity index (χ1v) is 7.43. The van der Waals surface area contributed by atoms with Crippen molar-refractivity contribution in [1.29, 1.82) is 0 Å². The average molecular weight is 176 g/mol. The van der Waals surface area contributed by atoms with Crippen LogP contribution in [0.2, 0.25) is 25.7 Å². The fraction of sp³-hybridized carbons (Fsp3) is 0.857. The van der Waals surface area contributed by atoms with Gasteiger partial charge in [-0.3, -0.25) is 0 Å². The zero-order valence-corrected chi connectivity index (χ0v) is 8.39. The number of rotatable bonds is 4. The Hall–Kier alpha value is -0.353. The normalized spacial score (nSPS) is 11.3. The summed E-state index contributed by atoms with van der Waals surface area (Å²) in [5, 5.41) is 8.30. The van der Waals surface area contributed by atoms with Crippen LogP contribution in [0.3, 0.4) is 0 Å². The van der Waals surface area contributed by atoms with Crippen LogP contribution in [0.4, 0.5) is 0 Å². The molecule has 0 saturated carbocycles. The van der Waals surface area contributed by atoms with E-state index < -0.39 is 20.7 Å². The Morgan fingerprint density at radius 3 is 2.36 bits per heavy atom. The summed E-state index contributed by atoms with van der Waals surface area (Å²) in [4.78, 5) is 10.4. The second kappa shape index (κ2) is 4.51. The highest BCUT2D eigenvalue weighted by molar-refractivity contribution is 6.76. The van der Waals surface area contributed by atoms with Crippen molar-refractivity contribution in [2.45, 2.75) is 25.7 Å². The van der Waals surface area contributed by atoms with E-state index in [4.69, 9.17) is 9.84 Å². The molecule has 0 amide bonds. The number of aliphatic hydroxyl groups excluding tert-OH is 1. The number of hydrogen-bond acceptors (Lipinski definition) is 3. The van der Waals surface area contributed by atoms with Crippen LogP contribution in [0, 0.1) is 0 Å². The van der Waals surface area contributed by atoms with Gasteiger partial charge in [-0.05, 0) is 6.04 Å². The molecule has 11 heavy (non-hydrogen) atoms. The SMILES string of the molecule is C[Si](C)(C)CCOC(=O)CO. The molecule has 0 bridgehead atoms. The summed E-state index contributed by atoms with van der Waals surface area (Å²) in [6.07, 6.45) is 0. The van der Waals surface area contributed by atoms with Gasteiger partial charge in [-0.25, -0.2) is 4.79 Å². The van der Waals surface area contributed by atoms with Gasteiger partial charge in [0.25, 0.3) is 0 Å². The van der Waals surface area contributed by atoms with E-state index >= 15 is 0 Å². The van der Waals surface area contributed by atoms with Crippen LogP contribution in [-0.4, -0.2) is 32.4 Å². The smallest absolute Gasteiger partial charge is 0.331 e. The fourth-order valence-corrected chi connectivity index (χ4v) is 1.23. The van der Waals surface area contributed by atoms with Crippen molar-refractivity contribution in [1.82, 2.24) is 0 Å². The standard InChI is InChI=1S/C7H16O3Si/c1-11(2,3)5-4-10-7(9)6-8/h8H,4-6H2,1-3H3. The van der Waals surface area contributed by atoms with E-state index in [-0.39, 0.29) is 0 Å². The molecule has 0 aromatic heterocycles. The lowest BCUT2D eigenvalue weighted by atomic mass is 10.7. The minimum Gasteiger partial charge on any atom is -0.464 e. The van der Waals surface area contributed by atoms with Crippen LogP contribution in [0.25, 0.3) is 0 Å². The molecule has 0 saturated heterocycles. The molecule has 0 aliphatic carbocycles. The van der Waals surface area contributed by atoms with Gasteiger partial charge < -0.3 is 9.84 Å². The molecule has 0 aromatic rings. The number of esters is 1. The quantitative estimate of drug-likeness (QED) is 0.510. The lowest BCUT2D eigenvalue weighted by molar-refractivity contribution is -0.146. The number of ether oxygens (including phenoxy) is 1. The minimum atomic E-state index is -1.10. The second-order valence-electron chi connectivity index (χ2n) is 3.69. The van der Waals surface area contributed by atoms with E-state index in [0.29, 0.717) is 6.61 Å². The summed E-state index contributed by atoms with van der Waals surface area (Å²) in [6, 6.07) is 0.957. The van der Waals surface area contributed by atoms with Gasteiger partial charge in [-0.2, -0.15) is 0 Å². The molecule has 0 rings (SSSR count). The number of hydrogen-bond donors (Lipinski definition) is 1. The third-order valence-electron chi connectivity index (χ3n) is 1.24. The summed E-state index contributed by atoms with van der Waals surface area (Å²) < 4.78 is 4.71. The molecular weight excluding hydrogens is 160 g/mol. The fourth-order valence-electron chi connectivity index (χ4n) is 0.517. The second-order valence-corrected chi connectivity index (χ2v) is 9.31. The summed E-state index contributed by atoms with van der Waals surface area (Å²) in [6.45, 7) is 6.57. The van der Waals surface area contributed by atoms with E-state index in [1.807, 2.05) is 0 Å². The third-order valence-corrected chi connectivity index (χ3v) is 2.95. The monoisotopic (exact) mass is 176 g/mol. The molecule has 0 radical (unpaired) electrons. The van der Waals surface area contributed by atoms with Crippen LogP contribution in [-0.2, 0) is 9.53 Å². The van der Waals surface area contributed by atoms with Crippen LogP contribution in [0.1, 0.15) is 0 Å². The predicted molar refractivity (Wildman–Crippen MR) is 46.2 cm³/mol. The Morgan fingerprint density at radius 1 is 1.45 bits per heavy atom. The van der Waals surface area contributed by atoms with Gasteiger partial charge in [0.05, 0.1) is 6.61 Å². The van der Waals surface area contributed by atoms with Crippen molar-refractivity contribution in [3.63, 3.8) is 0 Å². The first kappa shape index (κ1) is 10.6. The van der Waals surface area contributed by atoms with E-state index in [9.17, 15) is 4.79 Å². The molecule has 0 fully saturated rings. The lowest BCUT2D eigenvalue weighted by Gasteiger charge is -2.14. The van der Waals surface area contributed by atoms with E-state index in [1.54, 1.807) is 0 Å². The lowest BCUT2D eigenvalue weighted by Crippen LogP contribution is -2.23. The third kappa shape index (κ3) is 7.54. The maximum atomic E-state index is 10.4. The minimum absolute atomic E-state index is 0.453. The molecule has 3 nitrogen and oxygen atoms in total. The topological polar surface area (TPSA) is 46.5 Å². The van der Waals surface area contributed by atoms with Gasteiger partial charge in [0.15, 0.2) is 0 Å². The largest absolute Gasteiger partial charge is 0.464 e. The van der Waals surface area contributed by atoms with Crippen molar-refractivity contribution in [3.8, 4) is 0 Å². The highest BCUT2D eigenvalue weighted by atomic mass is 28.3. The molecule has 0 atom stereocenters. The molecule has 0 unspecified atom stereocenters. The van der Waals surface area contributed by atoms with E-state index in [0.717, 1.165) is 6.04 Å². The van der Waals surface area contributed by atoms with E-state index in [1.165, 1.54) is 0 Å². The molecule has 0 aromatic carbocycles. The van der Waals surface area contributed by atoms with Crippen LogP contribution < -0.4 is 0 Å². The number of carbonyl (C=O) groups excluding carboxylic acids is 1. The Bertz CT molecular complexity index is 128. The van der Waals surface area contributed by atoms with Crippen molar-refractivity contribution in [3.05, 3.63) is 0 Å². The maximum Gasteiger partial charge on any atom is 0.331 e. The highest BCUT2D eigenvalue weighted by Gasteiger charge is 2.13. The summed E-state index contributed by atoms with van der Waals surface area (Å²) in [5.41, 5.74) is 0. The molecule has 0 heterocycles. The molecule has 0 aliphatic heterocycles. The summed E-state index contributed by atoms with van der Waals surface area (Å²) in [7, 11) is -1.10. The number of aliphatic hydroxyl groups is 1. The van der Waals surface area contributed by atoms with Crippen molar-refractivity contribution in [2.24, 2.45) is 0 Å². The molecule has 0 spiro atoms. The zero-order chi connectivity index (χ0) is 8.91. The summed E-state index contributed by atoms with van der Waals surface area (Å²) >= 11 is 0. The zero-order valence-electron chi connectivity index (χ0n) is 7.39. The Labute approximate surface area is 68.4 Å². The molecule has 0 aliphatic rings. The molecular formula is C7H16O3Si. The summed E-state index contributed by atoms with van der Waals surface area (Å²) in [5.74, 6) is -0.525. The molecule has 4 heteroatoms. The van der Waals surface area contributed by atoms with Gasteiger partial charge in [-0.1, -0.05) is 19.6 Å². The van der Waals surface area contributed by atoms with Gasteiger partial charge in [-0.15, -0.1) is 0 Å². The first-order valence-electron chi connectivity index (χ1n) is 3.72. The predicted octanol–water partition coefficient (Wildman–Crippen LogP) is 0.860. The van der Waals surface area contributed by atoms with Gasteiger partial charge in [0.1, 0.15) is 6.61 Å². The van der Waals surface area contributed by atoms with Gasteiger partial charge in [0.2, 0.25) is 0 Å². The molecule has 1 N–H and O–H groups in total. The molecule has 66 valence electrons. The Morgan fingerprint density at radius 2 is 2.00 bits per heavy atom. The van der Waals surface area contributed by atoms with Crippen molar-refractivity contribution >= 4 is 14.0 Å². The Balaban J connectivity index is 3.35. The van der Waals surface area contributed by atoms with Crippen LogP contribution in [0.15, 0.2) is 0 Å². The first-order chi connectivity index (χ1) is 4.95. The average Bonchev–Trinajstić information content (AvgIpc) is 1.85.